The predicted molar refractivity (Wildman–Crippen MR) is 74.6 cm³/mol. The minimum absolute atomic E-state index is 0.619. The molecule has 1 aromatic heterocycles. The molecule has 1 aromatic carbocycles. The number of aromatic nitrogens is 1. The van der Waals surface area contributed by atoms with Crippen molar-refractivity contribution in [2.24, 2.45) is 11.8 Å². The Morgan fingerprint density at radius 1 is 1.24 bits per heavy atom. The molecule has 1 fully saturated rings. The van der Waals surface area contributed by atoms with E-state index in [4.69, 9.17) is 0 Å². The number of fused-ring (bicyclic) bond motifs is 1. The topological polar surface area (TPSA) is 24.9 Å². The van der Waals surface area contributed by atoms with Crippen LogP contribution in [0.2, 0.25) is 0 Å². The molecule has 3 unspecified atom stereocenters. The van der Waals surface area contributed by atoms with Crippen LogP contribution < -0.4 is 5.32 Å². The number of hydrogen-bond donors (Lipinski definition) is 1. The molecule has 3 heteroatoms. The van der Waals surface area contributed by atoms with Crippen LogP contribution in [-0.2, 0) is 0 Å². The van der Waals surface area contributed by atoms with E-state index in [1.807, 2.05) is 6.07 Å². The third-order valence-electron chi connectivity index (χ3n) is 4.17. The van der Waals surface area contributed by atoms with Gasteiger partial charge in [-0.3, -0.25) is 0 Å². The van der Waals surface area contributed by atoms with Crippen molar-refractivity contribution in [2.75, 3.05) is 5.32 Å². The molecule has 0 spiro atoms. The largest absolute Gasteiger partial charge is 0.372 e. The van der Waals surface area contributed by atoms with Crippen molar-refractivity contribution < 1.29 is 0 Å². The van der Waals surface area contributed by atoms with Gasteiger partial charge in [-0.1, -0.05) is 26.0 Å². The van der Waals surface area contributed by atoms with Crippen LogP contribution >= 0.6 is 11.5 Å². The average Bonchev–Trinajstić information content (AvgIpc) is 2.89. The van der Waals surface area contributed by atoms with Crippen molar-refractivity contribution in [1.29, 1.82) is 0 Å². The van der Waals surface area contributed by atoms with Gasteiger partial charge in [0.2, 0.25) is 0 Å². The van der Waals surface area contributed by atoms with Crippen molar-refractivity contribution in [3.05, 3.63) is 24.3 Å². The molecule has 90 valence electrons. The second kappa shape index (κ2) is 4.30. The van der Waals surface area contributed by atoms with E-state index in [0.717, 1.165) is 17.4 Å². The summed E-state index contributed by atoms with van der Waals surface area (Å²) in [4.78, 5) is 0. The minimum Gasteiger partial charge on any atom is -0.372 e. The summed E-state index contributed by atoms with van der Waals surface area (Å²) in [5.41, 5.74) is 1.11. The molecule has 1 saturated carbocycles. The molecule has 1 heterocycles. The van der Waals surface area contributed by atoms with E-state index >= 15 is 0 Å². The van der Waals surface area contributed by atoms with Crippen LogP contribution in [0, 0.1) is 11.8 Å². The van der Waals surface area contributed by atoms with Crippen LogP contribution in [0.15, 0.2) is 24.3 Å². The van der Waals surface area contributed by atoms with E-state index in [1.165, 1.54) is 23.2 Å². The Hall–Kier alpha value is -1.09. The summed E-state index contributed by atoms with van der Waals surface area (Å²) in [7, 11) is 0. The molecule has 17 heavy (non-hydrogen) atoms. The molecule has 3 rings (SSSR count). The zero-order valence-corrected chi connectivity index (χ0v) is 11.1. The van der Waals surface area contributed by atoms with Gasteiger partial charge in [-0.2, -0.15) is 4.37 Å². The van der Waals surface area contributed by atoms with Crippen molar-refractivity contribution in [3.63, 3.8) is 0 Å². The molecule has 0 bridgehead atoms. The normalized spacial score (nSPS) is 28.7. The van der Waals surface area contributed by atoms with Gasteiger partial charge in [-0.15, -0.1) is 0 Å². The van der Waals surface area contributed by atoms with Crippen molar-refractivity contribution in [2.45, 2.75) is 32.7 Å². The summed E-state index contributed by atoms with van der Waals surface area (Å²) in [6.07, 6.45) is 2.63. The van der Waals surface area contributed by atoms with Crippen molar-refractivity contribution >= 4 is 27.4 Å². The van der Waals surface area contributed by atoms with Crippen LogP contribution in [0.25, 0.3) is 10.9 Å². The summed E-state index contributed by atoms with van der Waals surface area (Å²) in [6, 6.07) is 8.99. The summed E-state index contributed by atoms with van der Waals surface area (Å²) in [6.45, 7) is 4.72. The summed E-state index contributed by atoms with van der Waals surface area (Å²) < 4.78 is 4.48. The van der Waals surface area contributed by atoms with Crippen LogP contribution in [-0.4, -0.2) is 10.4 Å². The number of rotatable bonds is 2. The van der Waals surface area contributed by atoms with Crippen LogP contribution in [0.3, 0.4) is 0 Å². The van der Waals surface area contributed by atoms with Gasteiger partial charge < -0.3 is 5.32 Å². The molecule has 1 aliphatic carbocycles. The summed E-state index contributed by atoms with van der Waals surface area (Å²) in [5.74, 6) is 1.60. The Bertz CT molecular complexity index is 520. The lowest BCUT2D eigenvalue weighted by molar-refractivity contribution is 0.436. The fourth-order valence-electron chi connectivity index (χ4n) is 2.73. The van der Waals surface area contributed by atoms with E-state index in [1.54, 1.807) is 11.5 Å². The Morgan fingerprint density at radius 3 is 2.82 bits per heavy atom. The van der Waals surface area contributed by atoms with E-state index in [-0.39, 0.29) is 0 Å². The second-order valence-electron chi connectivity index (χ2n) is 5.19. The van der Waals surface area contributed by atoms with Crippen LogP contribution in [0.5, 0.6) is 0 Å². The highest BCUT2D eigenvalue weighted by Crippen LogP contribution is 2.36. The Morgan fingerprint density at radius 2 is 2.06 bits per heavy atom. The van der Waals surface area contributed by atoms with Gasteiger partial charge >= 0.3 is 0 Å². The lowest BCUT2D eigenvalue weighted by atomic mass is 9.98. The SMILES string of the molecule is CC1CCC(Nc2snc3ccccc23)C1C. The van der Waals surface area contributed by atoms with Gasteiger partial charge in [0.05, 0.1) is 5.52 Å². The van der Waals surface area contributed by atoms with Gasteiger partial charge in [0.15, 0.2) is 0 Å². The molecule has 0 aliphatic heterocycles. The molecule has 2 aromatic rings. The van der Waals surface area contributed by atoms with Gasteiger partial charge in [-0.05, 0) is 48.3 Å². The molecular formula is C14H18N2S. The molecular weight excluding hydrogens is 228 g/mol. The zero-order valence-electron chi connectivity index (χ0n) is 10.3. The quantitative estimate of drug-likeness (QED) is 0.861. The number of benzene rings is 1. The maximum atomic E-state index is 4.48. The Labute approximate surface area is 106 Å². The maximum absolute atomic E-state index is 4.48. The fourth-order valence-corrected chi connectivity index (χ4v) is 3.55. The average molecular weight is 246 g/mol. The number of anilines is 1. The summed E-state index contributed by atoms with van der Waals surface area (Å²) in [5, 5.41) is 6.21. The lowest BCUT2D eigenvalue weighted by Gasteiger charge is -2.19. The highest BCUT2D eigenvalue weighted by Gasteiger charge is 2.30. The molecule has 0 saturated heterocycles. The lowest BCUT2D eigenvalue weighted by Crippen LogP contribution is -2.23. The van der Waals surface area contributed by atoms with Crippen LogP contribution in [0.1, 0.15) is 26.7 Å². The monoisotopic (exact) mass is 246 g/mol. The van der Waals surface area contributed by atoms with Crippen molar-refractivity contribution in [3.8, 4) is 0 Å². The fraction of sp³-hybridized carbons (Fsp3) is 0.500. The molecule has 0 amide bonds. The van der Waals surface area contributed by atoms with Crippen LogP contribution in [0.4, 0.5) is 5.00 Å². The molecule has 2 nitrogen and oxygen atoms in total. The van der Waals surface area contributed by atoms with Crippen molar-refractivity contribution in [1.82, 2.24) is 4.37 Å². The smallest absolute Gasteiger partial charge is 0.117 e. The minimum atomic E-state index is 0.619. The molecule has 0 radical (unpaired) electrons. The highest BCUT2D eigenvalue weighted by molar-refractivity contribution is 7.11. The standard InChI is InChI=1S/C14H18N2S/c1-9-7-8-12(10(9)2)15-14-11-5-3-4-6-13(11)16-17-14/h3-6,9-10,12,15H,7-8H2,1-2H3. The zero-order chi connectivity index (χ0) is 11.8. The Balaban J connectivity index is 1.86. The highest BCUT2D eigenvalue weighted by atomic mass is 32.1. The van der Waals surface area contributed by atoms with Gasteiger partial charge in [0, 0.05) is 11.4 Å². The first-order valence-corrected chi connectivity index (χ1v) is 7.14. The molecule has 3 atom stereocenters. The van der Waals surface area contributed by atoms with E-state index in [9.17, 15) is 0 Å². The first-order chi connectivity index (χ1) is 8.25. The van der Waals surface area contributed by atoms with E-state index in [0.29, 0.717) is 6.04 Å². The second-order valence-corrected chi connectivity index (χ2v) is 5.97. The number of hydrogen-bond acceptors (Lipinski definition) is 3. The predicted octanol–water partition coefficient (Wildman–Crippen LogP) is 4.14. The maximum Gasteiger partial charge on any atom is 0.117 e. The third kappa shape index (κ3) is 1.93. The number of nitrogens with zero attached hydrogens (tertiary/aromatic N) is 1. The van der Waals surface area contributed by atoms with Gasteiger partial charge in [0.25, 0.3) is 0 Å². The van der Waals surface area contributed by atoms with Gasteiger partial charge in [0.1, 0.15) is 5.00 Å². The van der Waals surface area contributed by atoms with E-state index < -0.39 is 0 Å². The number of nitrogens with one attached hydrogen (secondary N) is 1. The first-order valence-electron chi connectivity index (χ1n) is 6.36. The Kier molecular flexibility index (Phi) is 2.79. The third-order valence-corrected chi connectivity index (χ3v) is 4.97. The first kappa shape index (κ1) is 11.0. The molecule has 1 N–H and O–H groups in total. The summed E-state index contributed by atoms with van der Waals surface area (Å²) >= 11 is 1.59. The molecule has 1 aliphatic rings. The van der Waals surface area contributed by atoms with Gasteiger partial charge in [-0.25, -0.2) is 0 Å². The van der Waals surface area contributed by atoms with E-state index in [2.05, 4.69) is 41.7 Å².